The maximum absolute atomic E-state index is 12.2. The van der Waals surface area contributed by atoms with Gasteiger partial charge in [0.1, 0.15) is 0 Å². The molecule has 0 saturated heterocycles. The minimum atomic E-state index is -4.85. The normalized spacial score (nSPS) is 12.0. The SMILES string of the molecule is CCOCc1cc([B-](F)(F)F)cs1. The van der Waals surface area contributed by atoms with Gasteiger partial charge < -0.3 is 17.7 Å². The van der Waals surface area contributed by atoms with Crippen molar-refractivity contribution < 1.29 is 17.7 Å². The van der Waals surface area contributed by atoms with Crippen LogP contribution in [0.5, 0.6) is 0 Å². The van der Waals surface area contributed by atoms with E-state index in [9.17, 15) is 12.9 Å². The van der Waals surface area contributed by atoms with Crippen LogP contribution in [0.25, 0.3) is 0 Å². The summed E-state index contributed by atoms with van der Waals surface area (Å²) >= 11 is 1.09. The first-order chi connectivity index (χ1) is 6.04. The first-order valence-corrected chi connectivity index (χ1v) is 4.77. The highest BCUT2D eigenvalue weighted by Crippen LogP contribution is 2.15. The van der Waals surface area contributed by atoms with Crippen LogP contribution in [-0.4, -0.2) is 13.6 Å². The Labute approximate surface area is 78.6 Å². The van der Waals surface area contributed by atoms with Gasteiger partial charge in [0.2, 0.25) is 0 Å². The summed E-state index contributed by atoms with van der Waals surface area (Å²) in [6.07, 6.45) is 0. The summed E-state index contributed by atoms with van der Waals surface area (Å²) in [5.74, 6) is 0. The fourth-order valence-corrected chi connectivity index (χ4v) is 1.71. The molecule has 1 rings (SSSR count). The number of halogens is 3. The van der Waals surface area contributed by atoms with Crippen molar-refractivity contribution in [3.05, 3.63) is 16.3 Å². The van der Waals surface area contributed by atoms with Crippen molar-refractivity contribution in [2.75, 3.05) is 6.61 Å². The summed E-state index contributed by atoms with van der Waals surface area (Å²) in [4.78, 5) is 0.621. The van der Waals surface area contributed by atoms with Crippen molar-refractivity contribution in [1.82, 2.24) is 0 Å². The lowest BCUT2D eigenvalue weighted by Gasteiger charge is -2.10. The molecule has 0 unspecified atom stereocenters. The molecule has 6 heteroatoms. The van der Waals surface area contributed by atoms with Gasteiger partial charge in [0.15, 0.2) is 0 Å². The zero-order chi connectivity index (χ0) is 9.90. The van der Waals surface area contributed by atoms with Crippen molar-refractivity contribution >= 4 is 23.8 Å². The molecule has 1 aromatic heterocycles. The van der Waals surface area contributed by atoms with E-state index in [2.05, 4.69) is 0 Å². The van der Waals surface area contributed by atoms with E-state index in [1.807, 2.05) is 6.92 Å². The second-order valence-corrected chi connectivity index (χ2v) is 3.55. The molecule has 0 fully saturated rings. The summed E-state index contributed by atoms with van der Waals surface area (Å²) in [6.45, 7) is -2.25. The first kappa shape index (κ1) is 10.6. The Hall–Kier alpha value is -0.485. The molecule has 0 atom stereocenters. The average Bonchev–Trinajstić information content (AvgIpc) is 2.47. The second-order valence-electron chi connectivity index (χ2n) is 2.56. The standard InChI is InChI=1S/C7H9BF3OS/c1-2-12-4-7-3-6(5-13-7)8(9,10)11/h3,5H,2,4H2,1H3/q-1. The topological polar surface area (TPSA) is 9.23 Å². The van der Waals surface area contributed by atoms with Gasteiger partial charge in [0, 0.05) is 11.5 Å². The average molecular weight is 209 g/mol. The molecule has 0 N–H and O–H groups in total. The molecular formula is C7H9BF3OS-. The fraction of sp³-hybridized carbons (Fsp3) is 0.429. The van der Waals surface area contributed by atoms with Crippen LogP contribution in [0.1, 0.15) is 11.8 Å². The van der Waals surface area contributed by atoms with Crippen molar-refractivity contribution in [2.45, 2.75) is 13.5 Å². The smallest absolute Gasteiger partial charge is 0.445 e. The van der Waals surface area contributed by atoms with Gasteiger partial charge in [-0.05, 0) is 12.3 Å². The van der Waals surface area contributed by atoms with Crippen molar-refractivity contribution in [1.29, 1.82) is 0 Å². The molecule has 13 heavy (non-hydrogen) atoms. The maximum Gasteiger partial charge on any atom is 0.510 e. The Morgan fingerprint density at radius 3 is 2.62 bits per heavy atom. The van der Waals surface area contributed by atoms with E-state index >= 15 is 0 Å². The Kier molecular flexibility index (Phi) is 3.38. The van der Waals surface area contributed by atoms with E-state index in [-0.39, 0.29) is 6.61 Å². The third-order valence-corrected chi connectivity index (χ3v) is 2.43. The number of thiophene rings is 1. The van der Waals surface area contributed by atoms with E-state index in [0.29, 0.717) is 11.5 Å². The summed E-state index contributed by atoms with van der Waals surface area (Å²) in [5.41, 5.74) is -0.528. The van der Waals surface area contributed by atoms with E-state index in [1.165, 1.54) is 0 Å². The maximum atomic E-state index is 12.2. The van der Waals surface area contributed by atoms with Crippen LogP contribution < -0.4 is 5.46 Å². The molecular weight excluding hydrogens is 200 g/mol. The van der Waals surface area contributed by atoms with Crippen LogP contribution in [0.3, 0.4) is 0 Å². The molecule has 0 aliphatic heterocycles. The predicted octanol–water partition coefficient (Wildman–Crippen LogP) is 2.34. The fourth-order valence-electron chi connectivity index (χ4n) is 0.848. The van der Waals surface area contributed by atoms with Crippen molar-refractivity contribution in [2.24, 2.45) is 0 Å². The van der Waals surface area contributed by atoms with E-state index < -0.39 is 12.4 Å². The van der Waals surface area contributed by atoms with E-state index in [4.69, 9.17) is 4.74 Å². The zero-order valence-electron chi connectivity index (χ0n) is 7.10. The molecule has 1 aromatic rings. The highest BCUT2D eigenvalue weighted by atomic mass is 32.1. The minimum absolute atomic E-state index is 0.271. The van der Waals surface area contributed by atoms with Crippen LogP contribution in [0.15, 0.2) is 11.4 Å². The van der Waals surface area contributed by atoms with Crippen LogP contribution in [0, 0.1) is 0 Å². The number of hydrogen-bond donors (Lipinski definition) is 0. The molecule has 0 saturated carbocycles. The summed E-state index contributed by atoms with van der Waals surface area (Å²) in [7, 11) is 0. The molecule has 1 nitrogen and oxygen atoms in total. The lowest BCUT2D eigenvalue weighted by molar-refractivity contribution is 0.136. The minimum Gasteiger partial charge on any atom is -0.445 e. The molecule has 1 heterocycles. The third-order valence-electron chi connectivity index (χ3n) is 1.50. The number of ether oxygens (including phenoxy) is 1. The molecule has 0 spiro atoms. The quantitative estimate of drug-likeness (QED) is 0.691. The van der Waals surface area contributed by atoms with Crippen molar-refractivity contribution in [3.8, 4) is 0 Å². The Balaban J connectivity index is 2.64. The highest BCUT2D eigenvalue weighted by Gasteiger charge is 2.26. The molecule has 0 radical (unpaired) electrons. The van der Waals surface area contributed by atoms with Gasteiger partial charge in [-0.1, -0.05) is 11.5 Å². The van der Waals surface area contributed by atoms with Crippen LogP contribution in [-0.2, 0) is 11.3 Å². The van der Waals surface area contributed by atoms with Gasteiger partial charge in [0.25, 0.3) is 0 Å². The molecule has 0 aromatic carbocycles. The Morgan fingerprint density at radius 1 is 1.46 bits per heavy atom. The first-order valence-electron chi connectivity index (χ1n) is 3.89. The summed E-state index contributed by atoms with van der Waals surface area (Å²) < 4.78 is 41.5. The third kappa shape index (κ3) is 3.04. The number of rotatable bonds is 4. The van der Waals surface area contributed by atoms with Gasteiger partial charge in [0.05, 0.1) is 6.61 Å². The molecule has 74 valence electrons. The van der Waals surface area contributed by atoms with Gasteiger partial charge in [-0.25, -0.2) is 0 Å². The van der Waals surface area contributed by atoms with Gasteiger partial charge in [-0.15, -0.1) is 11.3 Å². The van der Waals surface area contributed by atoms with Crippen LogP contribution >= 0.6 is 11.3 Å². The molecule has 0 amide bonds. The van der Waals surface area contributed by atoms with E-state index in [1.54, 1.807) is 0 Å². The lowest BCUT2D eigenvalue weighted by atomic mass is 9.82. The lowest BCUT2D eigenvalue weighted by Crippen LogP contribution is -2.32. The number of hydrogen-bond acceptors (Lipinski definition) is 2. The molecule has 0 aliphatic rings. The Morgan fingerprint density at radius 2 is 2.15 bits per heavy atom. The molecule has 0 aliphatic carbocycles. The predicted molar refractivity (Wildman–Crippen MR) is 48.4 cm³/mol. The summed E-state index contributed by atoms with van der Waals surface area (Å²) in [6, 6.07) is 1.15. The largest absolute Gasteiger partial charge is 0.510 e. The second kappa shape index (κ2) is 4.15. The van der Waals surface area contributed by atoms with Gasteiger partial charge in [-0.3, -0.25) is 0 Å². The van der Waals surface area contributed by atoms with E-state index in [0.717, 1.165) is 22.8 Å². The van der Waals surface area contributed by atoms with Crippen molar-refractivity contribution in [3.63, 3.8) is 0 Å². The van der Waals surface area contributed by atoms with Gasteiger partial charge >= 0.3 is 6.98 Å². The summed E-state index contributed by atoms with van der Waals surface area (Å²) in [5, 5.41) is 1.13. The monoisotopic (exact) mass is 209 g/mol. The van der Waals surface area contributed by atoms with Crippen LogP contribution in [0.2, 0.25) is 0 Å². The zero-order valence-corrected chi connectivity index (χ0v) is 7.91. The Bertz CT molecular complexity index is 271. The van der Waals surface area contributed by atoms with Gasteiger partial charge in [-0.2, -0.15) is 0 Å². The van der Waals surface area contributed by atoms with Crippen LogP contribution in [0.4, 0.5) is 12.9 Å². The molecule has 0 bridgehead atoms. The highest BCUT2D eigenvalue weighted by molar-refractivity contribution is 7.11.